The molecule has 0 bridgehead atoms. The average molecular weight is 239 g/mol. The van der Waals surface area contributed by atoms with Crippen molar-refractivity contribution in [2.75, 3.05) is 13.7 Å². The third-order valence-electron chi connectivity index (χ3n) is 1.93. The number of rotatable bonds is 4. The zero-order chi connectivity index (χ0) is 11.4. The molecule has 0 rings (SSSR count). The first-order valence-corrected chi connectivity index (χ1v) is 4.45. The van der Waals surface area contributed by atoms with E-state index in [9.17, 15) is 9.59 Å². The number of esters is 1. The molecule has 1 unspecified atom stereocenters. The van der Waals surface area contributed by atoms with Crippen LogP contribution in [0.15, 0.2) is 0 Å². The van der Waals surface area contributed by atoms with E-state index in [0.29, 0.717) is 0 Å². The topological polar surface area (TPSA) is 81.4 Å². The van der Waals surface area contributed by atoms with E-state index in [0.717, 1.165) is 0 Å². The van der Waals surface area contributed by atoms with Gasteiger partial charge in [-0.15, -0.1) is 12.4 Å². The molecule has 0 radical (unpaired) electrons. The molecule has 0 spiro atoms. The third-order valence-corrected chi connectivity index (χ3v) is 1.93. The molecular weight excluding hydrogens is 220 g/mol. The third kappa shape index (κ3) is 4.99. The summed E-state index contributed by atoms with van der Waals surface area (Å²) >= 11 is 0. The maximum absolute atomic E-state index is 11.4. The lowest BCUT2D eigenvalue weighted by Gasteiger charge is -2.24. The van der Waals surface area contributed by atoms with Gasteiger partial charge in [0.05, 0.1) is 7.11 Å². The lowest BCUT2D eigenvalue weighted by Crippen LogP contribution is -2.52. The minimum Gasteiger partial charge on any atom is -0.467 e. The fourth-order valence-corrected chi connectivity index (χ4v) is 0.844. The van der Waals surface area contributed by atoms with Crippen molar-refractivity contribution in [3.05, 3.63) is 0 Å². The number of carbonyl (C=O) groups is 2. The number of methoxy groups -OCH3 is 1. The maximum atomic E-state index is 11.4. The first-order chi connectivity index (χ1) is 6.35. The highest BCUT2D eigenvalue weighted by Crippen LogP contribution is 2.06. The largest absolute Gasteiger partial charge is 0.467 e. The van der Waals surface area contributed by atoms with Gasteiger partial charge >= 0.3 is 5.97 Å². The summed E-state index contributed by atoms with van der Waals surface area (Å²) in [5, 5.41) is 2.56. The molecule has 0 aliphatic heterocycles. The van der Waals surface area contributed by atoms with Gasteiger partial charge in [0.2, 0.25) is 5.91 Å². The van der Waals surface area contributed by atoms with Crippen LogP contribution in [0, 0.1) is 5.92 Å². The minimum absolute atomic E-state index is 0. The van der Waals surface area contributed by atoms with Crippen LogP contribution in [-0.2, 0) is 14.3 Å². The Labute approximate surface area is 96.1 Å². The van der Waals surface area contributed by atoms with E-state index in [1.54, 1.807) is 20.8 Å². The van der Waals surface area contributed by atoms with E-state index < -0.39 is 11.5 Å². The van der Waals surface area contributed by atoms with Crippen LogP contribution in [0.2, 0.25) is 0 Å². The number of ether oxygens (including phenoxy) is 1. The Morgan fingerprint density at radius 3 is 2.27 bits per heavy atom. The van der Waals surface area contributed by atoms with Crippen molar-refractivity contribution in [1.29, 1.82) is 0 Å². The van der Waals surface area contributed by atoms with Gasteiger partial charge in [-0.25, -0.2) is 4.79 Å². The summed E-state index contributed by atoms with van der Waals surface area (Å²) in [6.45, 7) is 5.12. The molecule has 1 amide bonds. The van der Waals surface area contributed by atoms with Crippen LogP contribution >= 0.6 is 12.4 Å². The maximum Gasteiger partial charge on any atom is 0.330 e. The number of nitrogens with one attached hydrogen (secondary N) is 1. The Kier molecular flexibility index (Phi) is 7.35. The molecule has 1 atom stereocenters. The fraction of sp³-hybridized carbons (Fsp3) is 0.778. The van der Waals surface area contributed by atoms with E-state index in [1.807, 2.05) is 0 Å². The Morgan fingerprint density at radius 2 is 1.93 bits per heavy atom. The molecule has 0 saturated heterocycles. The number of hydrogen-bond acceptors (Lipinski definition) is 4. The van der Waals surface area contributed by atoms with E-state index >= 15 is 0 Å². The van der Waals surface area contributed by atoms with Crippen molar-refractivity contribution in [3.8, 4) is 0 Å². The normalized spacial score (nSPS) is 12.3. The van der Waals surface area contributed by atoms with Gasteiger partial charge in [0.1, 0.15) is 5.54 Å². The highest BCUT2D eigenvalue weighted by molar-refractivity contribution is 5.88. The van der Waals surface area contributed by atoms with Gasteiger partial charge in [-0.3, -0.25) is 4.79 Å². The van der Waals surface area contributed by atoms with Crippen LogP contribution in [0.4, 0.5) is 0 Å². The standard InChI is InChI=1S/C9H18N2O3.ClH/c1-6(5-10)7(12)11-9(2,3)8(13)14-4;/h6H,5,10H2,1-4H3,(H,11,12);1H. The van der Waals surface area contributed by atoms with Crippen molar-refractivity contribution in [2.45, 2.75) is 26.3 Å². The highest BCUT2D eigenvalue weighted by Gasteiger charge is 2.31. The molecule has 0 aromatic carbocycles. The Bertz CT molecular complexity index is 231. The second-order valence-electron chi connectivity index (χ2n) is 3.74. The molecule has 90 valence electrons. The lowest BCUT2D eigenvalue weighted by molar-refractivity contribution is -0.149. The minimum atomic E-state index is -1.00. The van der Waals surface area contributed by atoms with Crippen LogP contribution in [0.5, 0.6) is 0 Å². The first-order valence-electron chi connectivity index (χ1n) is 4.45. The van der Waals surface area contributed by atoms with Crippen molar-refractivity contribution < 1.29 is 14.3 Å². The Balaban J connectivity index is 0. The zero-order valence-electron chi connectivity index (χ0n) is 9.49. The molecule has 6 heteroatoms. The fourth-order valence-electron chi connectivity index (χ4n) is 0.844. The summed E-state index contributed by atoms with van der Waals surface area (Å²) in [5.74, 6) is -1.03. The zero-order valence-corrected chi connectivity index (χ0v) is 10.3. The van der Waals surface area contributed by atoms with E-state index in [2.05, 4.69) is 10.1 Å². The molecule has 15 heavy (non-hydrogen) atoms. The smallest absolute Gasteiger partial charge is 0.330 e. The van der Waals surface area contributed by atoms with Crippen LogP contribution in [0.3, 0.4) is 0 Å². The second kappa shape index (κ2) is 6.63. The molecule has 0 saturated carbocycles. The van der Waals surface area contributed by atoms with Gasteiger partial charge in [0.15, 0.2) is 0 Å². The van der Waals surface area contributed by atoms with Crippen LogP contribution < -0.4 is 11.1 Å². The quantitative estimate of drug-likeness (QED) is 0.680. The lowest BCUT2D eigenvalue weighted by atomic mass is 10.0. The summed E-state index contributed by atoms with van der Waals surface area (Å²) < 4.78 is 4.54. The van der Waals surface area contributed by atoms with Crippen molar-refractivity contribution in [1.82, 2.24) is 5.32 Å². The Hall–Kier alpha value is -0.810. The molecule has 0 aromatic heterocycles. The van der Waals surface area contributed by atoms with Gasteiger partial charge in [0.25, 0.3) is 0 Å². The molecule has 3 N–H and O–H groups in total. The van der Waals surface area contributed by atoms with Crippen molar-refractivity contribution in [2.24, 2.45) is 11.7 Å². The van der Waals surface area contributed by atoms with Gasteiger partial charge in [-0.1, -0.05) is 6.92 Å². The molecule has 0 aliphatic carbocycles. The first kappa shape index (κ1) is 16.6. The number of nitrogens with two attached hydrogens (primary N) is 1. The summed E-state index contributed by atoms with van der Waals surface area (Å²) in [4.78, 5) is 22.6. The average Bonchev–Trinajstić information content (AvgIpc) is 2.14. The van der Waals surface area contributed by atoms with E-state index in [1.165, 1.54) is 7.11 Å². The second-order valence-corrected chi connectivity index (χ2v) is 3.74. The van der Waals surface area contributed by atoms with Gasteiger partial charge in [-0.2, -0.15) is 0 Å². The molecule has 0 fully saturated rings. The van der Waals surface area contributed by atoms with Crippen molar-refractivity contribution >= 4 is 24.3 Å². The van der Waals surface area contributed by atoms with Crippen LogP contribution in [0.1, 0.15) is 20.8 Å². The number of carbonyl (C=O) groups excluding carboxylic acids is 2. The summed E-state index contributed by atoms with van der Waals surface area (Å²) in [7, 11) is 1.28. The summed E-state index contributed by atoms with van der Waals surface area (Å²) in [6.07, 6.45) is 0. The summed E-state index contributed by atoms with van der Waals surface area (Å²) in [6, 6.07) is 0. The van der Waals surface area contributed by atoms with Gasteiger partial charge in [0, 0.05) is 12.5 Å². The monoisotopic (exact) mass is 238 g/mol. The van der Waals surface area contributed by atoms with E-state index in [4.69, 9.17) is 5.73 Å². The number of amides is 1. The van der Waals surface area contributed by atoms with E-state index in [-0.39, 0.29) is 30.8 Å². The van der Waals surface area contributed by atoms with Crippen molar-refractivity contribution in [3.63, 3.8) is 0 Å². The predicted octanol–water partition coefficient (Wildman–Crippen LogP) is 0.0708. The number of halogens is 1. The molecule has 5 nitrogen and oxygen atoms in total. The molecule has 0 aromatic rings. The molecular formula is C9H19ClN2O3. The van der Waals surface area contributed by atoms with Crippen LogP contribution in [-0.4, -0.2) is 31.1 Å². The predicted molar refractivity (Wildman–Crippen MR) is 59.7 cm³/mol. The Morgan fingerprint density at radius 1 is 1.47 bits per heavy atom. The van der Waals surface area contributed by atoms with Crippen LogP contribution in [0.25, 0.3) is 0 Å². The van der Waals surface area contributed by atoms with Gasteiger partial charge in [-0.05, 0) is 13.8 Å². The SMILES string of the molecule is COC(=O)C(C)(C)NC(=O)C(C)CN.Cl. The van der Waals surface area contributed by atoms with Gasteiger partial charge < -0.3 is 15.8 Å². The number of hydrogen-bond donors (Lipinski definition) is 2. The summed E-state index contributed by atoms with van der Waals surface area (Å²) in [5.41, 5.74) is 4.32. The molecule has 0 heterocycles. The highest BCUT2D eigenvalue weighted by atomic mass is 35.5. The molecule has 0 aliphatic rings.